The SMILES string of the molecule is CCNC(=NCCCN(C(C)C)C(C)C)NCCc1cccc(C(=O)NC)c1.I. The number of aliphatic imine (C=N–C) groups is 1. The lowest BCUT2D eigenvalue weighted by Gasteiger charge is -2.30. The van der Waals surface area contributed by atoms with Crippen LogP contribution in [0, 0.1) is 0 Å². The minimum Gasteiger partial charge on any atom is -0.357 e. The van der Waals surface area contributed by atoms with Gasteiger partial charge in [0.1, 0.15) is 0 Å². The van der Waals surface area contributed by atoms with Gasteiger partial charge in [0.05, 0.1) is 0 Å². The number of amides is 1. The molecular formula is C22H40IN5O. The van der Waals surface area contributed by atoms with Gasteiger partial charge in [-0.2, -0.15) is 0 Å². The highest BCUT2D eigenvalue weighted by Crippen LogP contribution is 2.06. The van der Waals surface area contributed by atoms with E-state index >= 15 is 0 Å². The minimum absolute atomic E-state index is 0. The second kappa shape index (κ2) is 15.5. The first kappa shape index (κ1) is 27.6. The number of guanidine groups is 1. The fourth-order valence-corrected chi connectivity index (χ4v) is 3.24. The van der Waals surface area contributed by atoms with Gasteiger partial charge in [0.25, 0.3) is 5.91 Å². The second-order valence-electron chi connectivity index (χ2n) is 7.50. The Balaban J connectivity index is 0.00000784. The smallest absolute Gasteiger partial charge is 0.251 e. The standard InChI is InChI=1S/C22H39N5O.HI/c1-7-24-22(25-13-9-15-27(17(2)3)18(4)5)26-14-12-19-10-8-11-20(16-19)21(28)23-6;/h8,10-11,16-18H,7,9,12-15H2,1-6H3,(H,23,28)(H2,24,25,26);1H. The van der Waals surface area contributed by atoms with Crippen molar-refractivity contribution < 1.29 is 4.79 Å². The predicted molar refractivity (Wildman–Crippen MR) is 135 cm³/mol. The molecule has 3 N–H and O–H groups in total. The highest BCUT2D eigenvalue weighted by molar-refractivity contribution is 14.0. The molecule has 0 atom stereocenters. The van der Waals surface area contributed by atoms with Gasteiger partial charge in [-0.05, 0) is 65.2 Å². The van der Waals surface area contributed by atoms with Crippen LogP contribution in [0.25, 0.3) is 0 Å². The van der Waals surface area contributed by atoms with E-state index in [1.54, 1.807) is 7.05 Å². The molecule has 166 valence electrons. The quantitative estimate of drug-likeness (QED) is 0.183. The molecule has 1 aromatic carbocycles. The molecule has 1 aromatic rings. The average Bonchev–Trinajstić information content (AvgIpc) is 2.66. The van der Waals surface area contributed by atoms with Crippen molar-refractivity contribution in [1.29, 1.82) is 0 Å². The zero-order valence-corrected chi connectivity index (χ0v) is 21.2. The number of nitrogens with one attached hydrogen (secondary N) is 3. The molecule has 0 radical (unpaired) electrons. The number of benzene rings is 1. The van der Waals surface area contributed by atoms with Crippen LogP contribution in [0.5, 0.6) is 0 Å². The molecule has 0 aliphatic carbocycles. The third-order valence-corrected chi connectivity index (χ3v) is 4.64. The van der Waals surface area contributed by atoms with Gasteiger partial charge in [-0.25, -0.2) is 0 Å². The van der Waals surface area contributed by atoms with Crippen LogP contribution in [-0.2, 0) is 6.42 Å². The molecule has 0 aliphatic heterocycles. The summed E-state index contributed by atoms with van der Waals surface area (Å²) in [6.45, 7) is 14.5. The first-order valence-electron chi connectivity index (χ1n) is 10.5. The van der Waals surface area contributed by atoms with Gasteiger partial charge in [0.2, 0.25) is 0 Å². The van der Waals surface area contributed by atoms with Crippen LogP contribution < -0.4 is 16.0 Å². The van der Waals surface area contributed by atoms with E-state index in [1.165, 1.54) is 0 Å². The summed E-state index contributed by atoms with van der Waals surface area (Å²) in [6.07, 6.45) is 1.88. The Bertz CT molecular complexity index is 611. The monoisotopic (exact) mass is 517 g/mol. The van der Waals surface area contributed by atoms with E-state index in [4.69, 9.17) is 4.99 Å². The van der Waals surface area contributed by atoms with Crippen molar-refractivity contribution in [2.45, 2.75) is 59.5 Å². The number of hydrogen-bond acceptors (Lipinski definition) is 3. The Kier molecular flexibility index (Phi) is 14.8. The lowest BCUT2D eigenvalue weighted by atomic mass is 10.1. The summed E-state index contributed by atoms with van der Waals surface area (Å²) in [6, 6.07) is 8.86. The van der Waals surface area contributed by atoms with E-state index in [2.05, 4.69) is 55.5 Å². The molecule has 0 unspecified atom stereocenters. The maximum absolute atomic E-state index is 11.8. The molecule has 0 fully saturated rings. The van der Waals surface area contributed by atoms with E-state index in [-0.39, 0.29) is 29.9 Å². The summed E-state index contributed by atoms with van der Waals surface area (Å²) in [7, 11) is 1.65. The van der Waals surface area contributed by atoms with Gasteiger partial charge in [0, 0.05) is 50.9 Å². The molecule has 0 heterocycles. The summed E-state index contributed by atoms with van der Waals surface area (Å²) in [4.78, 5) is 18.9. The van der Waals surface area contributed by atoms with Gasteiger partial charge >= 0.3 is 0 Å². The van der Waals surface area contributed by atoms with Crippen LogP contribution in [0.2, 0.25) is 0 Å². The maximum Gasteiger partial charge on any atom is 0.251 e. The molecule has 7 heteroatoms. The van der Waals surface area contributed by atoms with E-state index < -0.39 is 0 Å². The second-order valence-corrected chi connectivity index (χ2v) is 7.50. The normalized spacial score (nSPS) is 11.6. The van der Waals surface area contributed by atoms with Crippen LogP contribution in [-0.4, -0.2) is 62.1 Å². The number of carbonyl (C=O) groups is 1. The van der Waals surface area contributed by atoms with Crippen LogP contribution >= 0.6 is 24.0 Å². The van der Waals surface area contributed by atoms with Crippen molar-refractivity contribution in [2.75, 3.05) is 33.2 Å². The first-order chi connectivity index (χ1) is 13.4. The van der Waals surface area contributed by atoms with Crippen LogP contribution in [0.4, 0.5) is 0 Å². The molecule has 1 rings (SSSR count). The molecular weight excluding hydrogens is 477 g/mol. The molecule has 0 bridgehead atoms. The largest absolute Gasteiger partial charge is 0.357 e. The molecule has 0 aliphatic rings. The summed E-state index contributed by atoms with van der Waals surface area (Å²) in [5.74, 6) is 0.798. The number of halogens is 1. The zero-order chi connectivity index (χ0) is 20.9. The van der Waals surface area contributed by atoms with E-state index in [1.807, 2.05) is 24.3 Å². The molecule has 1 amide bonds. The zero-order valence-electron chi connectivity index (χ0n) is 18.9. The number of hydrogen-bond donors (Lipinski definition) is 3. The molecule has 6 nitrogen and oxygen atoms in total. The van der Waals surface area contributed by atoms with Crippen LogP contribution in [0.3, 0.4) is 0 Å². The van der Waals surface area contributed by atoms with Crippen molar-refractivity contribution in [1.82, 2.24) is 20.9 Å². The van der Waals surface area contributed by atoms with Gasteiger partial charge < -0.3 is 16.0 Å². The number of carbonyl (C=O) groups excluding carboxylic acids is 1. The third-order valence-electron chi connectivity index (χ3n) is 4.64. The van der Waals surface area contributed by atoms with Gasteiger partial charge in [-0.1, -0.05) is 12.1 Å². The average molecular weight is 518 g/mol. The van der Waals surface area contributed by atoms with Crippen molar-refractivity contribution in [3.8, 4) is 0 Å². The fraction of sp³-hybridized carbons (Fsp3) is 0.636. The summed E-state index contributed by atoms with van der Waals surface area (Å²) in [5.41, 5.74) is 1.83. The maximum atomic E-state index is 11.8. The van der Waals surface area contributed by atoms with E-state index in [9.17, 15) is 4.79 Å². The molecule has 0 saturated carbocycles. The lowest BCUT2D eigenvalue weighted by molar-refractivity contribution is 0.0963. The van der Waals surface area contributed by atoms with Crippen molar-refractivity contribution in [2.24, 2.45) is 4.99 Å². The van der Waals surface area contributed by atoms with Crippen LogP contribution in [0.1, 0.15) is 57.0 Å². The van der Waals surface area contributed by atoms with Crippen molar-refractivity contribution in [3.63, 3.8) is 0 Å². The summed E-state index contributed by atoms with van der Waals surface area (Å²) in [5, 5.41) is 9.36. The van der Waals surface area contributed by atoms with Gasteiger partial charge in [-0.3, -0.25) is 14.7 Å². The topological polar surface area (TPSA) is 68.8 Å². The molecule has 0 aromatic heterocycles. The summed E-state index contributed by atoms with van der Waals surface area (Å²) < 4.78 is 0. The first-order valence-corrected chi connectivity index (χ1v) is 10.5. The molecule has 0 spiro atoms. The fourth-order valence-electron chi connectivity index (χ4n) is 3.24. The predicted octanol–water partition coefficient (Wildman–Crippen LogP) is 3.27. The number of nitrogens with zero attached hydrogens (tertiary/aromatic N) is 2. The molecule has 0 saturated heterocycles. The minimum atomic E-state index is -0.0541. The van der Waals surface area contributed by atoms with Gasteiger partial charge in [-0.15, -0.1) is 24.0 Å². The number of rotatable bonds is 11. The Morgan fingerprint density at radius 2 is 1.83 bits per heavy atom. The molecule has 29 heavy (non-hydrogen) atoms. The van der Waals surface area contributed by atoms with Gasteiger partial charge in [0.15, 0.2) is 5.96 Å². The Hall–Kier alpha value is -1.35. The highest BCUT2D eigenvalue weighted by atomic mass is 127. The van der Waals surface area contributed by atoms with E-state index in [0.717, 1.165) is 50.5 Å². The van der Waals surface area contributed by atoms with Crippen LogP contribution in [0.15, 0.2) is 29.3 Å². The van der Waals surface area contributed by atoms with Crippen molar-refractivity contribution >= 4 is 35.8 Å². The van der Waals surface area contributed by atoms with E-state index in [0.29, 0.717) is 17.6 Å². The van der Waals surface area contributed by atoms with Crippen molar-refractivity contribution in [3.05, 3.63) is 35.4 Å². The highest BCUT2D eigenvalue weighted by Gasteiger charge is 2.12. The Morgan fingerprint density at radius 1 is 1.14 bits per heavy atom. The Morgan fingerprint density at radius 3 is 2.41 bits per heavy atom. The Labute approximate surface area is 194 Å². The summed E-state index contributed by atoms with van der Waals surface area (Å²) >= 11 is 0. The third kappa shape index (κ3) is 10.8. The lowest BCUT2D eigenvalue weighted by Crippen LogP contribution is -2.39.